The van der Waals surface area contributed by atoms with Crippen molar-refractivity contribution in [3.63, 3.8) is 0 Å². The molecule has 1 aliphatic heterocycles. The number of ether oxygens (including phenoxy) is 2. The Morgan fingerprint density at radius 3 is 2.69 bits per heavy atom. The zero-order chi connectivity index (χ0) is 20.1. The van der Waals surface area contributed by atoms with Crippen molar-refractivity contribution in [1.82, 2.24) is 10.1 Å². The highest BCUT2D eigenvalue weighted by Gasteiger charge is 2.24. The zero-order valence-corrected chi connectivity index (χ0v) is 17.5. The molecule has 29 heavy (non-hydrogen) atoms. The van der Waals surface area contributed by atoms with Crippen molar-refractivity contribution in [2.45, 2.75) is 31.6 Å². The number of halogens is 1. The van der Waals surface area contributed by atoms with Crippen LogP contribution in [0.2, 0.25) is 5.02 Å². The molecule has 5 nitrogen and oxygen atoms in total. The minimum atomic E-state index is 0.461. The van der Waals surface area contributed by atoms with Gasteiger partial charge in [-0.05, 0) is 69.6 Å². The maximum absolute atomic E-state index is 6.04. The lowest BCUT2D eigenvalue weighted by atomic mass is 9.91. The third-order valence-corrected chi connectivity index (χ3v) is 5.87. The monoisotopic (exact) mass is 414 g/mol. The van der Waals surface area contributed by atoms with Crippen LogP contribution in [-0.2, 0) is 0 Å². The predicted molar refractivity (Wildman–Crippen MR) is 115 cm³/mol. The van der Waals surface area contributed by atoms with Crippen LogP contribution in [0, 0.1) is 0 Å². The summed E-state index contributed by atoms with van der Waals surface area (Å²) in [5, 5.41) is 6.12. The van der Waals surface area contributed by atoms with Gasteiger partial charge in [0.1, 0.15) is 0 Å². The molecule has 4 rings (SSSR count). The highest BCUT2D eigenvalue weighted by molar-refractivity contribution is 6.31. The standard InChI is InChI=1S/C23H27ClN2O3/c1-27-20-6-2-3-7-21(20)28-15-5-4-12-26-13-10-17(11-14-26)23-19-9-8-18(24)16-22(19)29-25-23/h2-3,6-9,16-17H,4-5,10-15H2,1H3. The number of piperidine rings is 1. The number of likely N-dealkylation sites (tertiary alicyclic amines) is 1. The molecule has 0 N–H and O–H groups in total. The smallest absolute Gasteiger partial charge is 0.168 e. The molecule has 2 aromatic carbocycles. The number of benzene rings is 2. The van der Waals surface area contributed by atoms with E-state index >= 15 is 0 Å². The van der Waals surface area contributed by atoms with Crippen molar-refractivity contribution < 1.29 is 14.0 Å². The molecule has 0 amide bonds. The predicted octanol–water partition coefficient (Wildman–Crippen LogP) is 5.53. The normalized spacial score (nSPS) is 15.7. The molecule has 1 fully saturated rings. The summed E-state index contributed by atoms with van der Waals surface area (Å²) in [6, 6.07) is 13.6. The van der Waals surface area contributed by atoms with Gasteiger partial charge in [0, 0.05) is 22.4 Å². The van der Waals surface area contributed by atoms with Crippen LogP contribution in [0.1, 0.15) is 37.3 Å². The van der Waals surface area contributed by atoms with Crippen molar-refractivity contribution in [2.75, 3.05) is 33.4 Å². The summed E-state index contributed by atoms with van der Waals surface area (Å²) >= 11 is 6.04. The summed E-state index contributed by atoms with van der Waals surface area (Å²) in [5.41, 5.74) is 1.87. The van der Waals surface area contributed by atoms with Gasteiger partial charge in [-0.3, -0.25) is 0 Å². The minimum Gasteiger partial charge on any atom is -0.493 e. The number of hydrogen-bond acceptors (Lipinski definition) is 5. The molecule has 3 aromatic rings. The molecule has 0 atom stereocenters. The minimum absolute atomic E-state index is 0.461. The van der Waals surface area contributed by atoms with E-state index in [9.17, 15) is 0 Å². The molecule has 0 saturated carbocycles. The summed E-state index contributed by atoms with van der Waals surface area (Å²) in [4.78, 5) is 2.54. The van der Waals surface area contributed by atoms with Gasteiger partial charge in [0.15, 0.2) is 17.1 Å². The fourth-order valence-corrected chi connectivity index (χ4v) is 4.18. The lowest BCUT2D eigenvalue weighted by Crippen LogP contribution is -2.34. The van der Waals surface area contributed by atoms with Gasteiger partial charge in [0.2, 0.25) is 0 Å². The summed E-state index contributed by atoms with van der Waals surface area (Å²) < 4.78 is 16.7. The largest absolute Gasteiger partial charge is 0.493 e. The number of methoxy groups -OCH3 is 1. The summed E-state index contributed by atoms with van der Waals surface area (Å²) in [6.45, 7) is 4.02. The van der Waals surface area contributed by atoms with E-state index in [-0.39, 0.29) is 0 Å². The van der Waals surface area contributed by atoms with Gasteiger partial charge in [0.25, 0.3) is 0 Å². The molecule has 0 bridgehead atoms. The molecule has 1 saturated heterocycles. The Hall–Kier alpha value is -2.24. The Balaban J connectivity index is 1.19. The van der Waals surface area contributed by atoms with E-state index in [2.05, 4.69) is 10.1 Å². The molecule has 2 heterocycles. The molecule has 1 aromatic heterocycles. The van der Waals surface area contributed by atoms with Crippen LogP contribution >= 0.6 is 11.6 Å². The zero-order valence-electron chi connectivity index (χ0n) is 16.8. The Morgan fingerprint density at radius 1 is 1.10 bits per heavy atom. The second-order valence-electron chi connectivity index (χ2n) is 7.53. The summed E-state index contributed by atoms with van der Waals surface area (Å²) in [7, 11) is 1.67. The second-order valence-corrected chi connectivity index (χ2v) is 7.97. The highest BCUT2D eigenvalue weighted by Crippen LogP contribution is 2.33. The number of nitrogens with zero attached hydrogens (tertiary/aromatic N) is 2. The molecule has 154 valence electrons. The molecule has 1 aliphatic rings. The van der Waals surface area contributed by atoms with Crippen LogP contribution < -0.4 is 9.47 Å². The van der Waals surface area contributed by atoms with Gasteiger partial charge < -0.3 is 18.9 Å². The number of unbranched alkanes of at least 4 members (excludes halogenated alkanes) is 1. The first-order valence-corrected chi connectivity index (χ1v) is 10.7. The van der Waals surface area contributed by atoms with E-state index in [1.807, 2.05) is 42.5 Å². The Labute approximate surface area is 176 Å². The Morgan fingerprint density at radius 2 is 1.90 bits per heavy atom. The average Bonchev–Trinajstić information content (AvgIpc) is 3.17. The van der Waals surface area contributed by atoms with Gasteiger partial charge in [-0.15, -0.1) is 0 Å². The van der Waals surface area contributed by atoms with E-state index < -0.39 is 0 Å². The fraction of sp³-hybridized carbons (Fsp3) is 0.435. The van der Waals surface area contributed by atoms with Crippen molar-refractivity contribution in [1.29, 1.82) is 0 Å². The number of rotatable bonds is 8. The molecule has 0 aliphatic carbocycles. The maximum Gasteiger partial charge on any atom is 0.168 e. The second kappa shape index (κ2) is 9.51. The van der Waals surface area contributed by atoms with Crippen LogP contribution in [0.5, 0.6) is 11.5 Å². The van der Waals surface area contributed by atoms with Crippen LogP contribution in [0.3, 0.4) is 0 Å². The lowest BCUT2D eigenvalue weighted by molar-refractivity contribution is 0.199. The first-order valence-electron chi connectivity index (χ1n) is 10.3. The molecule has 0 spiro atoms. The third kappa shape index (κ3) is 4.85. The number of aromatic nitrogens is 1. The lowest BCUT2D eigenvalue weighted by Gasteiger charge is -2.31. The van der Waals surface area contributed by atoms with Gasteiger partial charge in [-0.1, -0.05) is 28.9 Å². The van der Waals surface area contributed by atoms with E-state index in [4.69, 9.17) is 25.6 Å². The molecule has 6 heteroatoms. The number of fused-ring (bicyclic) bond motifs is 1. The molecule has 0 unspecified atom stereocenters. The van der Waals surface area contributed by atoms with E-state index in [1.165, 1.54) is 0 Å². The van der Waals surface area contributed by atoms with E-state index in [0.717, 1.165) is 73.5 Å². The molecule has 0 radical (unpaired) electrons. The number of hydrogen-bond donors (Lipinski definition) is 0. The Bertz CT molecular complexity index is 935. The first-order chi connectivity index (χ1) is 14.2. The topological polar surface area (TPSA) is 47.7 Å². The van der Waals surface area contributed by atoms with Crippen molar-refractivity contribution >= 4 is 22.6 Å². The maximum atomic E-state index is 6.04. The van der Waals surface area contributed by atoms with Crippen LogP contribution in [0.4, 0.5) is 0 Å². The SMILES string of the molecule is COc1ccccc1OCCCCN1CCC(c2noc3cc(Cl)ccc23)CC1. The van der Waals surface area contributed by atoms with Crippen LogP contribution in [0.15, 0.2) is 47.0 Å². The average molecular weight is 415 g/mol. The van der Waals surface area contributed by atoms with E-state index in [1.54, 1.807) is 7.11 Å². The quantitative estimate of drug-likeness (QED) is 0.453. The van der Waals surface area contributed by atoms with E-state index in [0.29, 0.717) is 17.5 Å². The van der Waals surface area contributed by atoms with Crippen molar-refractivity contribution in [3.05, 3.63) is 53.2 Å². The van der Waals surface area contributed by atoms with Gasteiger partial charge in [0.05, 0.1) is 19.4 Å². The Kier molecular flexibility index (Phi) is 6.57. The highest BCUT2D eigenvalue weighted by atomic mass is 35.5. The fourth-order valence-electron chi connectivity index (χ4n) is 4.01. The summed E-state index contributed by atoms with van der Waals surface area (Å²) in [6.07, 6.45) is 4.39. The molecular formula is C23H27ClN2O3. The van der Waals surface area contributed by atoms with Gasteiger partial charge in [-0.2, -0.15) is 0 Å². The first kappa shape index (κ1) is 20.0. The van der Waals surface area contributed by atoms with Gasteiger partial charge in [-0.25, -0.2) is 0 Å². The van der Waals surface area contributed by atoms with Gasteiger partial charge >= 0.3 is 0 Å². The van der Waals surface area contributed by atoms with Crippen molar-refractivity contribution in [3.8, 4) is 11.5 Å². The molecular weight excluding hydrogens is 388 g/mol. The third-order valence-electron chi connectivity index (χ3n) is 5.63. The van der Waals surface area contributed by atoms with Crippen LogP contribution in [0.25, 0.3) is 11.0 Å². The number of para-hydroxylation sites is 2. The summed E-state index contributed by atoms with van der Waals surface area (Å²) in [5.74, 6) is 2.07. The van der Waals surface area contributed by atoms with Crippen LogP contribution in [-0.4, -0.2) is 43.4 Å². The van der Waals surface area contributed by atoms with Crippen molar-refractivity contribution in [2.24, 2.45) is 0 Å².